The first-order valence-electron chi connectivity index (χ1n) is 11.7. The SMILES string of the molecule is CCc1ccc2nc(N(CCCN3CCOCC3)C(=O)c3cc(=O)c4ccccc4o3)sc2c1. The molecule has 0 unspecified atom stereocenters. The molecule has 0 spiro atoms. The number of rotatable bonds is 7. The number of aryl methyl sites for hydroxylation is 1. The van der Waals surface area contributed by atoms with Crippen molar-refractivity contribution < 1.29 is 13.9 Å². The molecular weight excluding hydrogens is 450 g/mol. The number of hydrogen-bond donors (Lipinski definition) is 0. The monoisotopic (exact) mass is 477 g/mol. The summed E-state index contributed by atoms with van der Waals surface area (Å²) in [5.74, 6) is -0.317. The van der Waals surface area contributed by atoms with Crippen molar-refractivity contribution in [3.8, 4) is 0 Å². The van der Waals surface area contributed by atoms with Crippen molar-refractivity contribution in [3.63, 3.8) is 0 Å². The van der Waals surface area contributed by atoms with Crippen LogP contribution in [0.2, 0.25) is 0 Å². The van der Waals surface area contributed by atoms with Gasteiger partial charge in [-0.1, -0.05) is 36.5 Å². The molecule has 1 fully saturated rings. The van der Waals surface area contributed by atoms with Gasteiger partial charge in [0.2, 0.25) is 0 Å². The zero-order valence-corrected chi connectivity index (χ0v) is 20.0. The van der Waals surface area contributed by atoms with Crippen LogP contribution in [0.1, 0.15) is 29.5 Å². The van der Waals surface area contributed by atoms with E-state index in [0.717, 1.165) is 55.9 Å². The normalized spacial score (nSPS) is 14.6. The van der Waals surface area contributed by atoms with E-state index in [0.29, 0.717) is 22.6 Å². The predicted octanol–water partition coefficient (Wildman–Crippen LogP) is 4.33. The first-order valence-corrected chi connectivity index (χ1v) is 12.5. The van der Waals surface area contributed by atoms with Crippen molar-refractivity contribution >= 4 is 43.6 Å². The highest BCUT2D eigenvalue weighted by molar-refractivity contribution is 7.22. The van der Waals surface area contributed by atoms with Crippen LogP contribution in [0.25, 0.3) is 21.2 Å². The van der Waals surface area contributed by atoms with Crippen molar-refractivity contribution in [2.45, 2.75) is 19.8 Å². The van der Waals surface area contributed by atoms with Gasteiger partial charge in [-0.15, -0.1) is 0 Å². The molecule has 4 aromatic rings. The Morgan fingerprint density at radius 3 is 2.79 bits per heavy atom. The number of amides is 1. The topological polar surface area (TPSA) is 75.9 Å². The van der Waals surface area contributed by atoms with Gasteiger partial charge in [-0.3, -0.25) is 19.4 Å². The molecule has 1 saturated heterocycles. The number of benzene rings is 2. The second-order valence-corrected chi connectivity index (χ2v) is 9.40. The molecule has 2 aromatic heterocycles. The van der Waals surface area contributed by atoms with Crippen LogP contribution in [0.3, 0.4) is 0 Å². The van der Waals surface area contributed by atoms with Crippen LogP contribution in [0.4, 0.5) is 5.13 Å². The van der Waals surface area contributed by atoms with Crippen LogP contribution in [-0.4, -0.2) is 55.2 Å². The van der Waals surface area contributed by atoms with Crippen molar-refractivity contribution in [1.29, 1.82) is 0 Å². The van der Waals surface area contributed by atoms with Gasteiger partial charge in [-0.25, -0.2) is 4.98 Å². The highest BCUT2D eigenvalue weighted by Crippen LogP contribution is 2.31. The Balaban J connectivity index is 1.46. The number of morpholine rings is 1. The summed E-state index contributed by atoms with van der Waals surface area (Å²) in [6.07, 6.45) is 1.72. The van der Waals surface area contributed by atoms with Crippen LogP contribution in [0.5, 0.6) is 0 Å². The molecule has 0 aliphatic carbocycles. The third-order valence-corrected chi connectivity index (χ3v) is 7.17. The van der Waals surface area contributed by atoms with Gasteiger partial charge in [0.15, 0.2) is 16.3 Å². The molecule has 2 aromatic carbocycles. The molecule has 1 aliphatic rings. The van der Waals surface area contributed by atoms with Crippen LogP contribution in [0.15, 0.2) is 57.7 Å². The number of carbonyl (C=O) groups is 1. The molecule has 5 rings (SSSR count). The van der Waals surface area contributed by atoms with E-state index < -0.39 is 0 Å². The van der Waals surface area contributed by atoms with Crippen molar-refractivity contribution in [2.75, 3.05) is 44.3 Å². The Morgan fingerprint density at radius 1 is 1.15 bits per heavy atom. The van der Waals surface area contributed by atoms with Crippen LogP contribution in [-0.2, 0) is 11.2 Å². The van der Waals surface area contributed by atoms with E-state index in [9.17, 15) is 9.59 Å². The van der Waals surface area contributed by atoms with E-state index in [2.05, 4.69) is 24.0 Å². The molecule has 176 valence electrons. The smallest absolute Gasteiger partial charge is 0.295 e. The van der Waals surface area contributed by atoms with Crippen LogP contribution >= 0.6 is 11.3 Å². The molecule has 0 atom stereocenters. The number of thiazole rings is 1. The summed E-state index contributed by atoms with van der Waals surface area (Å²) < 4.78 is 12.3. The Hall–Kier alpha value is -3.07. The van der Waals surface area contributed by atoms with E-state index in [4.69, 9.17) is 14.1 Å². The maximum absolute atomic E-state index is 13.6. The van der Waals surface area contributed by atoms with Gasteiger partial charge in [-0.05, 0) is 42.7 Å². The van der Waals surface area contributed by atoms with E-state index in [1.807, 2.05) is 6.07 Å². The number of para-hydroxylation sites is 1. The van der Waals surface area contributed by atoms with Crippen molar-refractivity contribution in [1.82, 2.24) is 9.88 Å². The number of nitrogens with zero attached hydrogens (tertiary/aromatic N) is 3. The Bertz CT molecular complexity index is 1370. The summed E-state index contributed by atoms with van der Waals surface area (Å²) in [6.45, 7) is 6.73. The lowest BCUT2D eigenvalue weighted by Gasteiger charge is -2.27. The molecule has 3 heterocycles. The summed E-state index contributed by atoms with van der Waals surface area (Å²) in [4.78, 5) is 35.0. The lowest BCUT2D eigenvalue weighted by molar-refractivity contribution is 0.0376. The zero-order chi connectivity index (χ0) is 23.5. The quantitative estimate of drug-likeness (QED) is 0.394. The molecule has 7 nitrogen and oxygen atoms in total. The molecule has 1 aliphatic heterocycles. The summed E-state index contributed by atoms with van der Waals surface area (Å²) in [5.41, 5.74) is 2.27. The molecule has 0 N–H and O–H groups in total. The summed E-state index contributed by atoms with van der Waals surface area (Å²) in [7, 11) is 0. The molecule has 0 saturated carbocycles. The second-order valence-electron chi connectivity index (χ2n) is 8.39. The van der Waals surface area contributed by atoms with Crippen LogP contribution < -0.4 is 10.3 Å². The maximum Gasteiger partial charge on any atom is 0.295 e. The van der Waals surface area contributed by atoms with E-state index in [-0.39, 0.29) is 17.1 Å². The van der Waals surface area contributed by atoms with E-state index in [1.54, 1.807) is 29.2 Å². The maximum atomic E-state index is 13.6. The first kappa shape index (κ1) is 22.7. The van der Waals surface area contributed by atoms with Gasteiger partial charge >= 0.3 is 0 Å². The molecule has 0 bridgehead atoms. The lowest BCUT2D eigenvalue weighted by Crippen LogP contribution is -2.39. The van der Waals surface area contributed by atoms with Crippen molar-refractivity contribution in [2.24, 2.45) is 0 Å². The van der Waals surface area contributed by atoms with Gasteiger partial charge in [-0.2, -0.15) is 0 Å². The summed E-state index contributed by atoms with van der Waals surface area (Å²) in [5, 5.41) is 1.08. The van der Waals surface area contributed by atoms with Gasteiger partial charge in [0.1, 0.15) is 5.58 Å². The third-order valence-electron chi connectivity index (χ3n) is 6.13. The number of anilines is 1. The number of carbonyl (C=O) groups excluding carboxylic acids is 1. The number of hydrogen-bond acceptors (Lipinski definition) is 7. The third kappa shape index (κ3) is 4.75. The zero-order valence-electron chi connectivity index (χ0n) is 19.2. The highest BCUT2D eigenvalue weighted by atomic mass is 32.1. The van der Waals surface area contributed by atoms with Crippen LogP contribution in [0, 0.1) is 0 Å². The molecule has 1 amide bonds. The van der Waals surface area contributed by atoms with E-state index >= 15 is 0 Å². The average Bonchev–Trinajstić information content (AvgIpc) is 3.29. The summed E-state index contributed by atoms with van der Waals surface area (Å²) in [6, 6.07) is 14.5. The lowest BCUT2D eigenvalue weighted by atomic mass is 10.2. The fourth-order valence-corrected chi connectivity index (χ4v) is 5.25. The molecule has 8 heteroatoms. The predicted molar refractivity (Wildman–Crippen MR) is 135 cm³/mol. The highest BCUT2D eigenvalue weighted by Gasteiger charge is 2.24. The molecule has 34 heavy (non-hydrogen) atoms. The Kier molecular flexibility index (Phi) is 6.71. The standard InChI is InChI=1S/C26H27N3O4S/c1-2-18-8-9-20-24(16-18)34-26(27-20)29(11-5-10-28-12-14-32-15-13-28)25(31)23-17-21(30)19-6-3-4-7-22(19)33-23/h3-4,6-9,16-17H,2,5,10-15H2,1H3. The fourth-order valence-electron chi connectivity index (χ4n) is 4.20. The first-order chi connectivity index (χ1) is 16.6. The second kappa shape index (κ2) is 10.0. The Labute approximate surface area is 201 Å². The number of ether oxygens (including phenoxy) is 1. The number of aromatic nitrogens is 1. The van der Waals surface area contributed by atoms with Gasteiger partial charge in [0.05, 0.1) is 28.8 Å². The largest absolute Gasteiger partial charge is 0.451 e. The minimum atomic E-state index is -0.348. The van der Waals surface area contributed by atoms with Crippen molar-refractivity contribution in [3.05, 3.63) is 70.1 Å². The molecular formula is C26H27N3O4S. The molecule has 0 radical (unpaired) electrons. The van der Waals surface area contributed by atoms with Gasteiger partial charge < -0.3 is 9.15 Å². The summed E-state index contributed by atoms with van der Waals surface area (Å²) >= 11 is 1.49. The minimum absolute atomic E-state index is 0.0311. The fraction of sp³-hybridized carbons (Fsp3) is 0.346. The Morgan fingerprint density at radius 2 is 1.97 bits per heavy atom. The van der Waals surface area contributed by atoms with Gasteiger partial charge in [0.25, 0.3) is 5.91 Å². The number of fused-ring (bicyclic) bond motifs is 2. The average molecular weight is 478 g/mol. The van der Waals surface area contributed by atoms with Gasteiger partial charge in [0, 0.05) is 32.2 Å². The minimum Gasteiger partial charge on any atom is -0.451 e. The van der Waals surface area contributed by atoms with E-state index in [1.165, 1.54) is 23.0 Å².